The molecule has 2 N–H and O–H groups in total. The number of pyridine rings is 2. The molecular weight excluding hydrogens is 326 g/mol. The number of aromatic amines is 1. The van der Waals surface area contributed by atoms with Gasteiger partial charge in [0.1, 0.15) is 16.6 Å². The monoisotopic (exact) mass is 343 g/mol. The van der Waals surface area contributed by atoms with Crippen molar-refractivity contribution in [3.63, 3.8) is 0 Å². The Kier molecular flexibility index (Phi) is 4.44. The Morgan fingerprint density at radius 2 is 2.04 bits per heavy atom. The quantitative estimate of drug-likeness (QED) is 0.749. The summed E-state index contributed by atoms with van der Waals surface area (Å²) in [6.45, 7) is 4.08. The predicted octanol–water partition coefficient (Wildman–Crippen LogP) is 4.07. The molecule has 2 aromatic heterocycles. The molecule has 0 fully saturated rings. The molecule has 124 valence electrons. The number of rotatable bonds is 4. The fraction of sp³-hybridized carbons (Fsp3) is 0.222. The molecule has 0 bridgehead atoms. The number of ether oxygens (including phenoxy) is 1. The van der Waals surface area contributed by atoms with E-state index in [1.54, 1.807) is 12.1 Å². The minimum absolute atomic E-state index is 0.118. The van der Waals surface area contributed by atoms with E-state index in [4.69, 9.17) is 16.3 Å². The van der Waals surface area contributed by atoms with Crippen molar-refractivity contribution in [3.8, 4) is 17.1 Å². The topological polar surface area (TPSA) is 67.0 Å². The molecule has 0 saturated heterocycles. The Labute approximate surface area is 144 Å². The second kappa shape index (κ2) is 6.53. The van der Waals surface area contributed by atoms with E-state index in [0.29, 0.717) is 33.1 Å². The van der Waals surface area contributed by atoms with E-state index in [0.717, 1.165) is 5.82 Å². The lowest BCUT2D eigenvalue weighted by molar-refractivity contribution is 0.415. The smallest absolute Gasteiger partial charge is 0.190 e. The van der Waals surface area contributed by atoms with Gasteiger partial charge in [0.15, 0.2) is 5.43 Å². The van der Waals surface area contributed by atoms with E-state index >= 15 is 0 Å². The summed E-state index contributed by atoms with van der Waals surface area (Å²) in [6.07, 6.45) is 0. The van der Waals surface area contributed by atoms with Crippen molar-refractivity contribution in [2.45, 2.75) is 19.9 Å². The van der Waals surface area contributed by atoms with Gasteiger partial charge in [0.2, 0.25) is 0 Å². The molecule has 6 heteroatoms. The van der Waals surface area contributed by atoms with Gasteiger partial charge >= 0.3 is 0 Å². The summed E-state index contributed by atoms with van der Waals surface area (Å²) in [7, 11) is 1.54. The molecule has 0 aliphatic carbocycles. The summed E-state index contributed by atoms with van der Waals surface area (Å²) in [5.41, 5.74) is 1.70. The molecule has 3 rings (SSSR count). The Morgan fingerprint density at radius 3 is 2.75 bits per heavy atom. The molecule has 2 heterocycles. The van der Waals surface area contributed by atoms with Crippen LogP contribution in [0.4, 0.5) is 5.82 Å². The van der Waals surface area contributed by atoms with Crippen LogP contribution in [0.25, 0.3) is 22.3 Å². The molecule has 0 aliphatic heterocycles. The number of anilines is 1. The van der Waals surface area contributed by atoms with Crippen LogP contribution >= 0.6 is 11.6 Å². The SMILES string of the molecule is COc1ccc2c(=O)cc(-c3cccc(NC(C)C)n3)[nH]c2c1Cl. The van der Waals surface area contributed by atoms with E-state index in [2.05, 4.69) is 15.3 Å². The van der Waals surface area contributed by atoms with Gasteiger partial charge < -0.3 is 15.0 Å². The van der Waals surface area contributed by atoms with E-state index < -0.39 is 0 Å². The lowest BCUT2D eigenvalue weighted by Crippen LogP contribution is -2.11. The van der Waals surface area contributed by atoms with Crippen molar-refractivity contribution in [2.75, 3.05) is 12.4 Å². The average molecular weight is 344 g/mol. The third-order valence-corrected chi connectivity index (χ3v) is 3.96. The number of benzene rings is 1. The Morgan fingerprint density at radius 1 is 1.25 bits per heavy atom. The van der Waals surface area contributed by atoms with Gasteiger partial charge in [-0.3, -0.25) is 4.79 Å². The van der Waals surface area contributed by atoms with Crippen LogP contribution in [-0.2, 0) is 0 Å². The van der Waals surface area contributed by atoms with Crippen LogP contribution in [0.15, 0.2) is 41.2 Å². The maximum atomic E-state index is 12.4. The third kappa shape index (κ3) is 3.08. The Hall–Kier alpha value is -2.53. The second-order valence-electron chi connectivity index (χ2n) is 5.76. The van der Waals surface area contributed by atoms with Gasteiger partial charge in [-0.2, -0.15) is 0 Å². The average Bonchev–Trinajstić information content (AvgIpc) is 2.55. The highest BCUT2D eigenvalue weighted by atomic mass is 35.5. The molecule has 24 heavy (non-hydrogen) atoms. The molecule has 0 aliphatic rings. The zero-order chi connectivity index (χ0) is 17.3. The highest BCUT2D eigenvalue weighted by Gasteiger charge is 2.12. The summed E-state index contributed by atoms with van der Waals surface area (Å²) in [5.74, 6) is 1.26. The molecule has 0 radical (unpaired) electrons. The van der Waals surface area contributed by atoms with Crippen LogP contribution in [0.5, 0.6) is 5.75 Å². The fourth-order valence-electron chi connectivity index (χ4n) is 2.52. The number of halogens is 1. The van der Waals surface area contributed by atoms with Crippen molar-refractivity contribution in [2.24, 2.45) is 0 Å². The van der Waals surface area contributed by atoms with Crippen LogP contribution in [-0.4, -0.2) is 23.1 Å². The maximum absolute atomic E-state index is 12.4. The summed E-state index contributed by atoms with van der Waals surface area (Å²) < 4.78 is 5.22. The van der Waals surface area contributed by atoms with Gasteiger partial charge in [0.25, 0.3) is 0 Å². The molecule has 0 spiro atoms. The molecule has 0 saturated carbocycles. The number of H-pyrrole nitrogens is 1. The highest BCUT2D eigenvalue weighted by molar-refractivity contribution is 6.36. The van der Waals surface area contributed by atoms with Crippen molar-refractivity contribution in [3.05, 3.63) is 51.6 Å². The molecule has 0 amide bonds. The van der Waals surface area contributed by atoms with Crippen LogP contribution in [0, 0.1) is 0 Å². The summed E-state index contributed by atoms with van der Waals surface area (Å²) in [5, 5.41) is 4.14. The first-order valence-corrected chi connectivity index (χ1v) is 8.01. The standard InChI is InChI=1S/C18H18ClN3O2/c1-10(2)20-16-6-4-5-12(21-16)13-9-14(23)11-7-8-15(24-3)17(19)18(11)22-13/h4-10H,1-3H3,(H,20,21)(H,22,23). The largest absolute Gasteiger partial charge is 0.495 e. The first-order valence-electron chi connectivity index (χ1n) is 7.63. The summed E-state index contributed by atoms with van der Waals surface area (Å²) in [6, 6.07) is 10.8. The number of methoxy groups -OCH3 is 1. The van der Waals surface area contributed by atoms with Gasteiger partial charge in [0.05, 0.1) is 24.0 Å². The predicted molar refractivity (Wildman–Crippen MR) is 98.1 cm³/mol. The summed E-state index contributed by atoms with van der Waals surface area (Å²) >= 11 is 6.35. The van der Waals surface area contributed by atoms with E-state index in [-0.39, 0.29) is 11.5 Å². The second-order valence-corrected chi connectivity index (χ2v) is 6.14. The Balaban J connectivity index is 2.17. The van der Waals surface area contributed by atoms with Gasteiger partial charge in [-0.1, -0.05) is 17.7 Å². The van der Waals surface area contributed by atoms with Gasteiger partial charge in [-0.25, -0.2) is 4.98 Å². The number of aromatic nitrogens is 2. The van der Waals surface area contributed by atoms with Crippen LogP contribution in [0.2, 0.25) is 5.02 Å². The normalized spacial score (nSPS) is 11.0. The van der Waals surface area contributed by atoms with E-state index in [1.807, 2.05) is 32.0 Å². The first kappa shape index (κ1) is 16.3. The number of nitrogens with zero attached hydrogens (tertiary/aromatic N) is 1. The number of nitrogens with one attached hydrogen (secondary N) is 2. The third-order valence-electron chi connectivity index (χ3n) is 3.59. The number of hydrogen-bond acceptors (Lipinski definition) is 4. The lowest BCUT2D eigenvalue weighted by atomic mass is 10.1. The molecule has 1 aromatic carbocycles. The number of fused-ring (bicyclic) bond motifs is 1. The molecule has 5 nitrogen and oxygen atoms in total. The maximum Gasteiger partial charge on any atom is 0.190 e. The zero-order valence-corrected chi connectivity index (χ0v) is 14.4. The van der Waals surface area contributed by atoms with Gasteiger partial charge in [-0.05, 0) is 38.1 Å². The molecule has 0 unspecified atom stereocenters. The van der Waals surface area contributed by atoms with Crippen LogP contribution in [0.1, 0.15) is 13.8 Å². The highest BCUT2D eigenvalue weighted by Crippen LogP contribution is 2.31. The van der Waals surface area contributed by atoms with Crippen molar-refractivity contribution < 1.29 is 4.74 Å². The van der Waals surface area contributed by atoms with Crippen molar-refractivity contribution in [1.82, 2.24) is 9.97 Å². The van der Waals surface area contributed by atoms with Crippen molar-refractivity contribution >= 4 is 28.3 Å². The molecular formula is C18H18ClN3O2. The lowest BCUT2D eigenvalue weighted by Gasteiger charge is -2.11. The van der Waals surface area contributed by atoms with Crippen LogP contribution in [0.3, 0.4) is 0 Å². The number of hydrogen-bond donors (Lipinski definition) is 2. The zero-order valence-electron chi connectivity index (χ0n) is 13.7. The fourth-order valence-corrected chi connectivity index (χ4v) is 2.81. The van der Waals surface area contributed by atoms with E-state index in [1.165, 1.54) is 13.2 Å². The van der Waals surface area contributed by atoms with Crippen molar-refractivity contribution in [1.29, 1.82) is 0 Å². The minimum Gasteiger partial charge on any atom is -0.495 e. The Bertz CT molecular complexity index is 951. The van der Waals surface area contributed by atoms with Gasteiger partial charge in [-0.15, -0.1) is 0 Å². The minimum atomic E-state index is -0.118. The first-order chi connectivity index (χ1) is 11.5. The summed E-state index contributed by atoms with van der Waals surface area (Å²) in [4.78, 5) is 20.2. The molecule has 0 atom stereocenters. The van der Waals surface area contributed by atoms with Crippen LogP contribution < -0.4 is 15.5 Å². The van der Waals surface area contributed by atoms with Gasteiger partial charge in [0, 0.05) is 17.5 Å². The molecule has 3 aromatic rings. The van der Waals surface area contributed by atoms with E-state index in [9.17, 15) is 4.79 Å².